The van der Waals surface area contributed by atoms with Gasteiger partial charge in [0.15, 0.2) is 0 Å². The summed E-state index contributed by atoms with van der Waals surface area (Å²) in [7, 11) is 0. The van der Waals surface area contributed by atoms with E-state index in [2.05, 4.69) is 20.6 Å². The van der Waals surface area contributed by atoms with Crippen LogP contribution in [0.3, 0.4) is 0 Å². The zero-order chi connectivity index (χ0) is 12.7. The molecule has 0 saturated carbocycles. The van der Waals surface area contributed by atoms with Gasteiger partial charge >= 0.3 is 0 Å². The van der Waals surface area contributed by atoms with Crippen molar-refractivity contribution in [3.05, 3.63) is 48.5 Å². The Morgan fingerprint density at radius 2 is 1.15 bits per heavy atom. The zero-order valence-electron chi connectivity index (χ0n) is 10.0. The van der Waals surface area contributed by atoms with Crippen molar-refractivity contribution < 1.29 is 22.0 Å². The third kappa shape index (κ3) is 1.91. The molecule has 4 aromatic rings. The summed E-state index contributed by atoms with van der Waals surface area (Å²) in [6.45, 7) is 0. The SMILES string of the molecule is [Cu].c1ccc2c(c1)nnn2On1nnc2ccccc21. The molecule has 0 saturated heterocycles. The molecule has 4 rings (SSSR count). The Labute approximate surface area is 123 Å². The van der Waals surface area contributed by atoms with E-state index in [1.807, 2.05) is 48.5 Å². The van der Waals surface area contributed by atoms with Crippen molar-refractivity contribution in [2.24, 2.45) is 0 Å². The molecule has 0 aliphatic rings. The molecule has 0 fully saturated rings. The minimum Gasteiger partial charge on any atom is -0.243 e. The van der Waals surface area contributed by atoms with Gasteiger partial charge in [0.2, 0.25) is 0 Å². The maximum Gasteiger partial charge on any atom is 0.134 e. The summed E-state index contributed by atoms with van der Waals surface area (Å²) in [5, 5.41) is 15.9. The van der Waals surface area contributed by atoms with Gasteiger partial charge in [-0.2, -0.15) is 0 Å². The number of rotatable bonds is 2. The minimum atomic E-state index is 0. The van der Waals surface area contributed by atoms with Crippen LogP contribution in [-0.4, -0.2) is 30.3 Å². The average molecular weight is 316 g/mol. The van der Waals surface area contributed by atoms with Crippen molar-refractivity contribution in [2.75, 3.05) is 0 Å². The number of hydrogen-bond acceptors (Lipinski definition) is 5. The standard InChI is InChI=1S/C12H8N6O.Cu/c1-3-7-11-9(5-1)13-15-17(11)19-18-12-8-4-2-6-10(12)14-16-18;/h1-8H;. The molecule has 2 aromatic heterocycles. The van der Waals surface area contributed by atoms with Crippen LogP contribution in [0.2, 0.25) is 0 Å². The normalized spacial score (nSPS) is 10.6. The average Bonchev–Trinajstić information content (AvgIpc) is 3.05. The molecule has 0 aliphatic heterocycles. The van der Waals surface area contributed by atoms with E-state index in [0.29, 0.717) is 0 Å². The van der Waals surface area contributed by atoms with Gasteiger partial charge in [-0.15, -0.1) is 10.2 Å². The van der Waals surface area contributed by atoms with Gasteiger partial charge in [-0.05, 0) is 44.4 Å². The summed E-state index contributed by atoms with van der Waals surface area (Å²) in [5.41, 5.74) is 3.04. The molecule has 1 radical (unpaired) electrons. The Morgan fingerprint density at radius 1 is 0.700 bits per heavy atom. The van der Waals surface area contributed by atoms with E-state index in [1.165, 1.54) is 9.69 Å². The Hall–Kier alpha value is -2.44. The molecule has 0 N–H and O–H groups in total. The van der Waals surface area contributed by atoms with E-state index in [1.54, 1.807) is 0 Å². The van der Waals surface area contributed by atoms with Crippen LogP contribution in [-0.2, 0) is 17.1 Å². The van der Waals surface area contributed by atoms with Crippen LogP contribution in [0.5, 0.6) is 0 Å². The maximum atomic E-state index is 5.57. The third-order valence-electron chi connectivity index (χ3n) is 2.80. The van der Waals surface area contributed by atoms with Crippen LogP contribution >= 0.6 is 0 Å². The first-order chi connectivity index (χ1) is 9.42. The molecule has 2 heterocycles. The van der Waals surface area contributed by atoms with Crippen molar-refractivity contribution in [3.8, 4) is 0 Å². The summed E-state index contributed by atoms with van der Waals surface area (Å²) in [6, 6.07) is 15.0. The fourth-order valence-electron chi connectivity index (χ4n) is 1.89. The monoisotopic (exact) mass is 315 g/mol. The Kier molecular flexibility index (Phi) is 3.09. The number of hydrogen-bond donors (Lipinski definition) is 0. The minimum absolute atomic E-state index is 0. The first kappa shape index (κ1) is 12.6. The van der Waals surface area contributed by atoms with E-state index in [-0.39, 0.29) is 17.1 Å². The summed E-state index contributed by atoms with van der Waals surface area (Å²) >= 11 is 0. The molecular weight excluding hydrogens is 308 g/mol. The predicted molar refractivity (Wildman–Crippen MR) is 67.0 cm³/mol. The molecule has 2 aromatic carbocycles. The van der Waals surface area contributed by atoms with Crippen LogP contribution in [0.15, 0.2) is 48.5 Å². The molecule has 103 valence electrons. The van der Waals surface area contributed by atoms with Gasteiger partial charge < -0.3 is 0 Å². The van der Waals surface area contributed by atoms with Gasteiger partial charge in [0.25, 0.3) is 0 Å². The smallest absolute Gasteiger partial charge is 0.134 e. The summed E-state index contributed by atoms with van der Waals surface area (Å²) in [4.78, 5) is 8.20. The largest absolute Gasteiger partial charge is 0.243 e. The first-order valence-corrected chi connectivity index (χ1v) is 5.71. The van der Waals surface area contributed by atoms with Crippen molar-refractivity contribution in [1.29, 1.82) is 0 Å². The number of fused-ring (bicyclic) bond motifs is 2. The van der Waals surface area contributed by atoms with Crippen LogP contribution in [0, 0.1) is 0 Å². The first-order valence-electron chi connectivity index (χ1n) is 5.71. The molecule has 8 heteroatoms. The Bertz CT molecular complexity index is 798. The van der Waals surface area contributed by atoms with Crippen molar-refractivity contribution in [3.63, 3.8) is 0 Å². The van der Waals surface area contributed by atoms with Crippen LogP contribution in [0.1, 0.15) is 0 Å². The van der Waals surface area contributed by atoms with Crippen LogP contribution < -0.4 is 4.94 Å². The van der Waals surface area contributed by atoms with E-state index in [4.69, 9.17) is 4.94 Å². The van der Waals surface area contributed by atoms with Gasteiger partial charge in [0.05, 0.1) is 0 Å². The molecular formula is C12H8CuN6O. The zero-order valence-corrected chi connectivity index (χ0v) is 11.0. The molecule has 0 aliphatic carbocycles. The van der Waals surface area contributed by atoms with Crippen LogP contribution in [0.25, 0.3) is 22.1 Å². The number of para-hydroxylation sites is 2. The molecule has 20 heavy (non-hydrogen) atoms. The third-order valence-corrected chi connectivity index (χ3v) is 2.80. The fraction of sp³-hybridized carbons (Fsp3) is 0. The maximum absolute atomic E-state index is 5.57. The quantitative estimate of drug-likeness (QED) is 0.517. The van der Waals surface area contributed by atoms with E-state index >= 15 is 0 Å². The Morgan fingerprint density at radius 3 is 1.65 bits per heavy atom. The summed E-state index contributed by atoms with van der Waals surface area (Å²) in [5.74, 6) is 0. The van der Waals surface area contributed by atoms with Gasteiger partial charge in [-0.25, -0.2) is 4.94 Å². The second-order valence-electron chi connectivity index (χ2n) is 3.98. The molecule has 0 atom stereocenters. The Balaban J connectivity index is 0.00000121. The number of nitrogens with zero attached hydrogens (tertiary/aromatic N) is 6. The predicted octanol–water partition coefficient (Wildman–Crippen LogP) is 1.07. The van der Waals surface area contributed by atoms with Crippen LogP contribution in [0.4, 0.5) is 0 Å². The van der Waals surface area contributed by atoms with Crippen molar-refractivity contribution in [2.45, 2.75) is 0 Å². The molecule has 0 spiro atoms. The number of benzene rings is 2. The fourth-order valence-corrected chi connectivity index (χ4v) is 1.89. The molecule has 0 amide bonds. The van der Waals surface area contributed by atoms with Crippen molar-refractivity contribution in [1.82, 2.24) is 30.3 Å². The summed E-state index contributed by atoms with van der Waals surface area (Å²) < 4.78 is 0. The second-order valence-corrected chi connectivity index (χ2v) is 3.98. The number of aromatic nitrogens is 6. The van der Waals surface area contributed by atoms with Gasteiger partial charge in [-0.1, -0.05) is 24.3 Å². The van der Waals surface area contributed by atoms with E-state index < -0.39 is 0 Å². The molecule has 7 nitrogen and oxygen atoms in total. The van der Waals surface area contributed by atoms with Crippen molar-refractivity contribution >= 4 is 22.1 Å². The van der Waals surface area contributed by atoms with E-state index in [0.717, 1.165) is 22.1 Å². The molecule has 0 bridgehead atoms. The second kappa shape index (κ2) is 4.92. The van der Waals surface area contributed by atoms with Gasteiger partial charge in [0.1, 0.15) is 22.1 Å². The summed E-state index contributed by atoms with van der Waals surface area (Å²) in [6.07, 6.45) is 0. The molecule has 0 unspecified atom stereocenters. The van der Waals surface area contributed by atoms with Gasteiger partial charge in [0, 0.05) is 17.1 Å². The van der Waals surface area contributed by atoms with Gasteiger partial charge in [-0.3, -0.25) is 0 Å². The van der Waals surface area contributed by atoms with E-state index in [9.17, 15) is 0 Å². The topological polar surface area (TPSA) is 70.7 Å².